The average molecular weight is 403 g/mol. The molecule has 0 radical (unpaired) electrons. The Morgan fingerprint density at radius 3 is 2.36 bits per heavy atom. The lowest BCUT2D eigenvalue weighted by Crippen LogP contribution is -2.23. The Bertz CT molecular complexity index is 914. The number of carbonyl (C=O) groups excluding carboxylic acids is 1. The van der Waals surface area contributed by atoms with Gasteiger partial charge >= 0.3 is 0 Å². The van der Waals surface area contributed by atoms with Gasteiger partial charge in [-0.25, -0.2) is 12.7 Å². The van der Waals surface area contributed by atoms with E-state index in [9.17, 15) is 13.2 Å². The molecule has 9 heteroatoms. The summed E-state index contributed by atoms with van der Waals surface area (Å²) in [4.78, 5) is 12.4. The minimum absolute atomic E-state index is 0.0163. The Balaban J connectivity index is 2.47. The zero-order valence-corrected chi connectivity index (χ0v) is 16.0. The minimum atomic E-state index is -3.83. The van der Waals surface area contributed by atoms with Crippen molar-refractivity contribution in [2.24, 2.45) is 0 Å². The van der Waals surface area contributed by atoms with Gasteiger partial charge in [-0.3, -0.25) is 4.79 Å². The van der Waals surface area contributed by atoms with Crippen LogP contribution < -0.4 is 10.1 Å². The highest BCUT2D eigenvalue weighted by Gasteiger charge is 2.24. The van der Waals surface area contributed by atoms with Gasteiger partial charge in [-0.1, -0.05) is 35.3 Å². The van der Waals surface area contributed by atoms with Crippen LogP contribution in [0.1, 0.15) is 10.4 Å². The van der Waals surface area contributed by atoms with Crippen molar-refractivity contribution < 1.29 is 17.9 Å². The van der Waals surface area contributed by atoms with Crippen LogP contribution in [0.3, 0.4) is 0 Å². The number of para-hydroxylation sites is 2. The molecule has 2 aromatic carbocycles. The molecular formula is C16H16Cl2N2O4S. The summed E-state index contributed by atoms with van der Waals surface area (Å²) in [5.41, 5.74) is 0.412. The summed E-state index contributed by atoms with van der Waals surface area (Å²) in [5.74, 6) is -0.122. The summed E-state index contributed by atoms with van der Waals surface area (Å²) >= 11 is 12.1. The molecule has 0 aliphatic carbocycles. The first-order valence-electron chi connectivity index (χ1n) is 7.04. The maximum Gasteiger partial charge on any atom is 0.257 e. The van der Waals surface area contributed by atoms with Gasteiger partial charge in [0, 0.05) is 14.1 Å². The van der Waals surface area contributed by atoms with Crippen molar-refractivity contribution in [2.45, 2.75) is 4.90 Å². The lowest BCUT2D eigenvalue weighted by Gasteiger charge is -2.15. The van der Waals surface area contributed by atoms with E-state index in [4.69, 9.17) is 27.9 Å². The van der Waals surface area contributed by atoms with E-state index in [0.29, 0.717) is 11.4 Å². The van der Waals surface area contributed by atoms with Crippen LogP contribution in [0.2, 0.25) is 10.0 Å². The second-order valence-electron chi connectivity index (χ2n) is 5.20. The van der Waals surface area contributed by atoms with Crippen LogP contribution in [0, 0.1) is 0 Å². The molecule has 2 aromatic rings. The first kappa shape index (κ1) is 19.5. The van der Waals surface area contributed by atoms with E-state index in [1.807, 2.05) is 0 Å². The smallest absolute Gasteiger partial charge is 0.257 e. The number of benzene rings is 2. The number of methoxy groups -OCH3 is 1. The van der Waals surface area contributed by atoms with Gasteiger partial charge in [0.2, 0.25) is 10.0 Å². The predicted molar refractivity (Wildman–Crippen MR) is 98.3 cm³/mol. The molecule has 0 unspecified atom stereocenters. The second kappa shape index (κ2) is 7.61. The number of nitrogens with one attached hydrogen (secondary N) is 1. The second-order valence-corrected chi connectivity index (χ2v) is 8.14. The van der Waals surface area contributed by atoms with Crippen molar-refractivity contribution in [1.29, 1.82) is 0 Å². The number of rotatable bonds is 5. The largest absolute Gasteiger partial charge is 0.495 e. The minimum Gasteiger partial charge on any atom is -0.495 e. The summed E-state index contributed by atoms with van der Waals surface area (Å²) in [5, 5.41) is 2.62. The van der Waals surface area contributed by atoms with E-state index >= 15 is 0 Å². The summed E-state index contributed by atoms with van der Waals surface area (Å²) in [7, 11) is 0.386. The molecule has 1 amide bonds. The number of hydrogen-bond acceptors (Lipinski definition) is 4. The molecule has 0 saturated heterocycles. The SMILES string of the molecule is COc1ccccc1NC(=O)c1cc(S(=O)(=O)N(C)C)c(Cl)cc1Cl. The zero-order chi connectivity index (χ0) is 18.8. The van der Waals surface area contributed by atoms with Crippen LogP contribution in [0.5, 0.6) is 5.75 Å². The molecular weight excluding hydrogens is 387 g/mol. The summed E-state index contributed by atoms with van der Waals surface area (Å²) in [6.45, 7) is 0. The number of amides is 1. The number of halogens is 2. The molecule has 0 saturated carbocycles. The monoisotopic (exact) mass is 402 g/mol. The fraction of sp³-hybridized carbons (Fsp3) is 0.188. The lowest BCUT2D eigenvalue weighted by molar-refractivity contribution is 0.102. The number of anilines is 1. The van der Waals surface area contributed by atoms with Crippen LogP contribution in [0.15, 0.2) is 41.3 Å². The Morgan fingerprint density at radius 2 is 1.76 bits per heavy atom. The highest BCUT2D eigenvalue weighted by molar-refractivity contribution is 7.89. The topological polar surface area (TPSA) is 75.7 Å². The first-order chi connectivity index (χ1) is 11.7. The first-order valence-corrected chi connectivity index (χ1v) is 9.24. The molecule has 6 nitrogen and oxygen atoms in total. The van der Waals surface area contributed by atoms with Crippen LogP contribution in [0.25, 0.3) is 0 Å². The zero-order valence-electron chi connectivity index (χ0n) is 13.7. The highest BCUT2D eigenvalue weighted by Crippen LogP contribution is 2.31. The van der Waals surface area contributed by atoms with Gasteiger partial charge in [0.15, 0.2) is 0 Å². The molecule has 2 rings (SSSR count). The van der Waals surface area contributed by atoms with Gasteiger partial charge in [0.1, 0.15) is 10.6 Å². The lowest BCUT2D eigenvalue weighted by atomic mass is 10.2. The molecule has 0 spiro atoms. The molecule has 0 atom stereocenters. The number of sulfonamides is 1. The Labute approximate surface area is 156 Å². The fourth-order valence-electron chi connectivity index (χ4n) is 2.04. The van der Waals surface area contributed by atoms with E-state index in [2.05, 4.69) is 5.32 Å². The van der Waals surface area contributed by atoms with Crippen LogP contribution in [-0.4, -0.2) is 39.8 Å². The fourth-order valence-corrected chi connectivity index (χ4v) is 3.76. The van der Waals surface area contributed by atoms with Crippen LogP contribution >= 0.6 is 23.2 Å². The average Bonchev–Trinajstić information content (AvgIpc) is 2.54. The van der Waals surface area contributed by atoms with Gasteiger partial charge in [-0.2, -0.15) is 0 Å². The van der Waals surface area contributed by atoms with Crippen molar-refractivity contribution in [2.75, 3.05) is 26.5 Å². The third kappa shape index (κ3) is 4.07. The molecule has 0 aromatic heterocycles. The van der Waals surface area contributed by atoms with Crippen molar-refractivity contribution in [3.63, 3.8) is 0 Å². The van der Waals surface area contributed by atoms with Gasteiger partial charge in [0.05, 0.1) is 28.4 Å². The molecule has 1 N–H and O–H groups in total. The Morgan fingerprint density at radius 1 is 1.12 bits per heavy atom. The van der Waals surface area contributed by atoms with Crippen molar-refractivity contribution >= 4 is 44.8 Å². The normalized spacial score (nSPS) is 11.4. The van der Waals surface area contributed by atoms with Gasteiger partial charge in [0.25, 0.3) is 5.91 Å². The van der Waals surface area contributed by atoms with Crippen LogP contribution in [0.4, 0.5) is 5.69 Å². The molecule has 0 heterocycles. The molecule has 0 fully saturated rings. The van der Waals surface area contributed by atoms with E-state index < -0.39 is 15.9 Å². The number of nitrogens with zero attached hydrogens (tertiary/aromatic N) is 1. The molecule has 0 aliphatic rings. The molecule has 25 heavy (non-hydrogen) atoms. The number of hydrogen-bond donors (Lipinski definition) is 1. The third-order valence-electron chi connectivity index (χ3n) is 3.38. The molecule has 0 bridgehead atoms. The van der Waals surface area contributed by atoms with Crippen LogP contribution in [-0.2, 0) is 10.0 Å². The Hall–Kier alpha value is -1.80. The standard InChI is InChI=1S/C16H16Cl2N2O4S/c1-20(2)25(22,23)15-8-10(11(17)9-12(15)18)16(21)19-13-6-4-5-7-14(13)24-3/h4-9H,1-3H3,(H,19,21). The van der Waals surface area contributed by atoms with Crippen molar-refractivity contribution in [3.05, 3.63) is 52.0 Å². The van der Waals surface area contributed by atoms with Gasteiger partial charge in [-0.15, -0.1) is 0 Å². The number of ether oxygens (including phenoxy) is 1. The van der Waals surface area contributed by atoms with E-state index in [1.54, 1.807) is 24.3 Å². The van der Waals surface area contributed by atoms with E-state index in [1.165, 1.54) is 27.3 Å². The molecule has 134 valence electrons. The third-order valence-corrected chi connectivity index (χ3v) is 5.97. The maximum atomic E-state index is 12.6. The van der Waals surface area contributed by atoms with Crippen molar-refractivity contribution in [3.8, 4) is 5.75 Å². The quantitative estimate of drug-likeness (QED) is 0.829. The summed E-state index contributed by atoms with van der Waals surface area (Å²) < 4.78 is 30.9. The van der Waals surface area contributed by atoms with Gasteiger partial charge in [-0.05, 0) is 24.3 Å². The van der Waals surface area contributed by atoms with Gasteiger partial charge < -0.3 is 10.1 Å². The van der Waals surface area contributed by atoms with E-state index in [-0.39, 0.29) is 20.5 Å². The van der Waals surface area contributed by atoms with E-state index in [0.717, 1.165) is 10.4 Å². The maximum absolute atomic E-state index is 12.6. The highest BCUT2D eigenvalue weighted by atomic mass is 35.5. The summed E-state index contributed by atoms with van der Waals surface area (Å²) in [6, 6.07) is 9.20. The predicted octanol–water partition coefficient (Wildman–Crippen LogP) is 3.50. The Kier molecular flexibility index (Phi) is 5.95. The molecule has 0 aliphatic heterocycles. The van der Waals surface area contributed by atoms with Crippen molar-refractivity contribution in [1.82, 2.24) is 4.31 Å². The number of carbonyl (C=O) groups is 1. The summed E-state index contributed by atoms with van der Waals surface area (Å²) in [6.07, 6.45) is 0.